The van der Waals surface area contributed by atoms with Crippen molar-refractivity contribution >= 4 is 56.6 Å². The quantitative estimate of drug-likeness (QED) is 0.169. The topological polar surface area (TPSA) is 123 Å². The van der Waals surface area contributed by atoms with Gasteiger partial charge in [0.05, 0.1) is 16.2 Å². The second-order valence-corrected chi connectivity index (χ2v) is 9.16. The van der Waals surface area contributed by atoms with Gasteiger partial charge in [0.1, 0.15) is 10.8 Å². The number of nitrogens with zero attached hydrogens (tertiary/aromatic N) is 4. The predicted molar refractivity (Wildman–Crippen MR) is 134 cm³/mol. The molecule has 0 fully saturated rings. The van der Waals surface area contributed by atoms with Gasteiger partial charge in [-0.2, -0.15) is 0 Å². The summed E-state index contributed by atoms with van der Waals surface area (Å²) in [6.07, 6.45) is 0. The van der Waals surface area contributed by atoms with E-state index in [4.69, 9.17) is 11.6 Å². The number of aromatic nitrogens is 3. The number of hydrogen-bond acceptors (Lipinski definition) is 7. The fraction of sp³-hybridized carbons (Fsp3) is 0.0455. The van der Waals surface area contributed by atoms with Crippen LogP contribution in [-0.4, -0.2) is 36.5 Å². The third-order valence-electron chi connectivity index (χ3n) is 4.61. The molecule has 0 saturated heterocycles. The molecule has 0 unspecified atom stereocenters. The Hall–Kier alpha value is -3.41. The van der Waals surface area contributed by atoms with Crippen molar-refractivity contribution in [3.8, 4) is 22.8 Å². The highest BCUT2D eigenvalue weighted by molar-refractivity contribution is 9.10. The summed E-state index contributed by atoms with van der Waals surface area (Å²) in [6.45, 7) is 0. The number of carbonyl (C=O) groups is 1. The molecule has 172 valence electrons. The number of nitro benzene ring substituents is 1. The summed E-state index contributed by atoms with van der Waals surface area (Å²) in [5, 5.41) is 33.0. The SMILES string of the molecule is O=C(CSc1nnc(-c2cc(Br)ccc2O)n1-c1ccccc1)Nc1ccc(Cl)c([N+](=O)[O-])c1. The van der Waals surface area contributed by atoms with Gasteiger partial charge in [-0.15, -0.1) is 10.2 Å². The zero-order valence-corrected chi connectivity index (χ0v) is 20.3. The first-order valence-electron chi connectivity index (χ1n) is 9.70. The first-order chi connectivity index (χ1) is 16.3. The average Bonchev–Trinajstić information content (AvgIpc) is 3.24. The van der Waals surface area contributed by atoms with Crippen LogP contribution >= 0.6 is 39.3 Å². The van der Waals surface area contributed by atoms with Crippen molar-refractivity contribution in [2.24, 2.45) is 0 Å². The number of carbonyl (C=O) groups excluding carboxylic acids is 1. The van der Waals surface area contributed by atoms with E-state index >= 15 is 0 Å². The van der Waals surface area contributed by atoms with E-state index in [0.29, 0.717) is 16.5 Å². The van der Waals surface area contributed by atoms with E-state index in [9.17, 15) is 20.0 Å². The van der Waals surface area contributed by atoms with E-state index in [2.05, 4.69) is 31.4 Å². The highest BCUT2D eigenvalue weighted by Crippen LogP contribution is 2.34. The van der Waals surface area contributed by atoms with Crippen LogP contribution in [0.3, 0.4) is 0 Å². The molecule has 0 atom stereocenters. The lowest BCUT2D eigenvalue weighted by atomic mass is 10.2. The third-order valence-corrected chi connectivity index (χ3v) is 6.35. The summed E-state index contributed by atoms with van der Waals surface area (Å²) < 4.78 is 2.50. The van der Waals surface area contributed by atoms with Gasteiger partial charge in [0, 0.05) is 21.9 Å². The highest BCUT2D eigenvalue weighted by Gasteiger charge is 2.20. The van der Waals surface area contributed by atoms with Crippen LogP contribution < -0.4 is 5.32 Å². The maximum Gasteiger partial charge on any atom is 0.289 e. The van der Waals surface area contributed by atoms with Crippen molar-refractivity contribution in [1.82, 2.24) is 14.8 Å². The summed E-state index contributed by atoms with van der Waals surface area (Å²) in [7, 11) is 0. The van der Waals surface area contributed by atoms with E-state index in [-0.39, 0.29) is 27.9 Å². The maximum atomic E-state index is 12.5. The van der Waals surface area contributed by atoms with Crippen molar-refractivity contribution in [3.63, 3.8) is 0 Å². The molecular weight excluding hydrogens is 546 g/mol. The second-order valence-electron chi connectivity index (χ2n) is 6.90. The van der Waals surface area contributed by atoms with Crippen LogP contribution in [0.25, 0.3) is 17.1 Å². The Kier molecular flexibility index (Phi) is 7.15. The largest absolute Gasteiger partial charge is 0.507 e. The lowest BCUT2D eigenvalue weighted by molar-refractivity contribution is -0.384. The number of nitrogens with one attached hydrogen (secondary N) is 1. The molecule has 1 aromatic heterocycles. The lowest BCUT2D eigenvalue weighted by Gasteiger charge is -2.11. The first-order valence-corrected chi connectivity index (χ1v) is 11.9. The molecule has 3 aromatic carbocycles. The van der Waals surface area contributed by atoms with Gasteiger partial charge < -0.3 is 10.4 Å². The number of para-hydroxylation sites is 1. The van der Waals surface area contributed by atoms with E-state index in [0.717, 1.165) is 21.9 Å². The number of hydrogen-bond donors (Lipinski definition) is 2. The van der Waals surface area contributed by atoms with Gasteiger partial charge in [0.2, 0.25) is 5.91 Å². The molecule has 1 amide bonds. The normalized spacial score (nSPS) is 10.8. The first kappa shape index (κ1) is 23.7. The Bertz CT molecular complexity index is 1380. The molecule has 34 heavy (non-hydrogen) atoms. The molecule has 0 aliphatic heterocycles. The molecule has 0 bridgehead atoms. The Labute approximate surface area is 211 Å². The Morgan fingerprint density at radius 3 is 2.65 bits per heavy atom. The standard InChI is InChI=1S/C22H15BrClN5O4S/c23-13-6-9-19(30)16(10-13)21-26-27-22(28(21)15-4-2-1-3-5-15)34-12-20(31)25-14-7-8-17(24)18(11-14)29(32)33/h1-11,30H,12H2,(H,25,31). The Morgan fingerprint density at radius 2 is 1.91 bits per heavy atom. The zero-order chi connectivity index (χ0) is 24.2. The molecule has 0 saturated carbocycles. The molecule has 0 aliphatic rings. The fourth-order valence-corrected chi connectivity index (χ4v) is 4.39. The Morgan fingerprint density at radius 1 is 1.15 bits per heavy atom. The number of phenolic OH excluding ortho intramolecular Hbond substituents is 1. The molecule has 1 heterocycles. The van der Waals surface area contributed by atoms with Gasteiger partial charge >= 0.3 is 0 Å². The van der Waals surface area contributed by atoms with E-state index in [1.807, 2.05) is 30.3 Å². The maximum absolute atomic E-state index is 12.5. The summed E-state index contributed by atoms with van der Waals surface area (Å²) in [5.41, 5.74) is 1.17. The number of aromatic hydroxyl groups is 1. The van der Waals surface area contributed by atoms with Crippen molar-refractivity contribution in [2.75, 3.05) is 11.1 Å². The predicted octanol–water partition coefficient (Wildman–Crippen LogP) is 5.69. The minimum absolute atomic E-state index is 0.0170. The fourth-order valence-electron chi connectivity index (χ4n) is 3.09. The number of amides is 1. The smallest absolute Gasteiger partial charge is 0.289 e. The van der Waals surface area contributed by atoms with Crippen LogP contribution in [0.5, 0.6) is 5.75 Å². The van der Waals surface area contributed by atoms with Crippen molar-refractivity contribution in [2.45, 2.75) is 5.16 Å². The third kappa shape index (κ3) is 5.22. The number of thioether (sulfide) groups is 1. The lowest BCUT2D eigenvalue weighted by Crippen LogP contribution is -2.14. The molecule has 12 heteroatoms. The van der Waals surface area contributed by atoms with E-state index in [1.54, 1.807) is 22.8 Å². The summed E-state index contributed by atoms with van der Waals surface area (Å²) in [5.74, 6) is 0.00926. The molecule has 2 N–H and O–H groups in total. The molecule has 0 radical (unpaired) electrons. The molecule has 4 aromatic rings. The van der Waals surface area contributed by atoms with Crippen molar-refractivity contribution in [3.05, 3.63) is 86.3 Å². The zero-order valence-electron chi connectivity index (χ0n) is 17.2. The molecule has 4 rings (SSSR count). The summed E-state index contributed by atoms with van der Waals surface area (Å²) in [4.78, 5) is 23.0. The highest BCUT2D eigenvalue weighted by atomic mass is 79.9. The minimum Gasteiger partial charge on any atom is -0.507 e. The van der Waals surface area contributed by atoms with Crippen molar-refractivity contribution < 1.29 is 14.8 Å². The number of benzene rings is 3. The molecule has 0 spiro atoms. The van der Waals surface area contributed by atoms with E-state index < -0.39 is 10.8 Å². The minimum atomic E-state index is -0.617. The van der Waals surface area contributed by atoms with Gasteiger partial charge in [0.25, 0.3) is 5.69 Å². The van der Waals surface area contributed by atoms with Crippen LogP contribution in [0.15, 0.2) is 76.4 Å². The molecule has 0 aliphatic carbocycles. The molecule has 9 nitrogen and oxygen atoms in total. The Balaban J connectivity index is 1.60. The number of phenols is 1. The van der Waals surface area contributed by atoms with E-state index in [1.165, 1.54) is 18.2 Å². The van der Waals surface area contributed by atoms with Crippen LogP contribution in [0.4, 0.5) is 11.4 Å². The van der Waals surface area contributed by atoms with Gasteiger partial charge in [0.15, 0.2) is 11.0 Å². The average molecular weight is 561 g/mol. The number of halogens is 2. The number of anilines is 1. The second kappa shape index (κ2) is 10.2. The monoisotopic (exact) mass is 559 g/mol. The van der Waals surface area contributed by atoms with Crippen LogP contribution in [0.2, 0.25) is 5.02 Å². The van der Waals surface area contributed by atoms with Crippen LogP contribution in [0.1, 0.15) is 0 Å². The number of rotatable bonds is 7. The number of nitro groups is 1. The van der Waals surface area contributed by atoms with Crippen LogP contribution in [0, 0.1) is 10.1 Å². The van der Waals surface area contributed by atoms with Gasteiger partial charge in [-0.3, -0.25) is 19.5 Å². The summed E-state index contributed by atoms with van der Waals surface area (Å²) in [6, 6.07) is 18.3. The van der Waals surface area contributed by atoms with Crippen LogP contribution in [-0.2, 0) is 4.79 Å². The van der Waals surface area contributed by atoms with Crippen molar-refractivity contribution in [1.29, 1.82) is 0 Å². The van der Waals surface area contributed by atoms with Gasteiger partial charge in [-0.1, -0.05) is 57.5 Å². The summed E-state index contributed by atoms with van der Waals surface area (Å²) >= 11 is 10.4. The van der Waals surface area contributed by atoms with Gasteiger partial charge in [-0.05, 0) is 42.5 Å². The van der Waals surface area contributed by atoms with Gasteiger partial charge in [-0.25, -0.2) is 0 Å². The molecular formula is C22H15BrClN5O4S.